The molecule has 0 aliphatic carbocycles. The summed E-state index contributed by atoms with van der Waals surface area (Å²) < 4.78 is 6.95. The Morgan fingerprint density at radius 3 is 2.50 bits per heavy atom. The second-order valence-corrected chi connectivity index (χ2v) is 6.59. The standard InChI is InChI=1S/C17H12Br2O3/c1-2-14-11(8-20)16-10(4-3-5-15(16)22-14)9-6-12(18)17(21)13(19)7-9/h3-8,21H,2H2,1H3. The highest BCUT2D eigenvalue weighted by molar-refractivity contribution is 9.11. The van der Waals surface area contributed by atoms with E-state index in [1.54, 1.807) is 0 Å². The van der Waals surface area contributed by atoms with Crippen molar-refractivity contribution in [3.05, 3.63) is 50.6 Å². The van der Waals surface area contributed by atoms with Crippen LogP contribution in [0.25, 0.3) is 22.1 Å². The van der Waals surface area contributed by atoms with Crippen LogP contribution in [0.1, 0.15) is 23.0 Å². The van der Waals surface area contributed by atoms with Crippen molar-refractivity contribution < 1.29 is 14.3 Å². The lowest BCUT2D eigenvalue weighted by Crippen LogP contribution is -1.87. The molecule has 112 valence electrons. The van der Waals surface area contributed by atoms with Crippen molar-refractivity contribution in [2.24, 2.45) is 0 Å². The van der Waals surface area contributed by atoms with E-state index in [2.05, 4.69) is 31.9 Å². The van der Waals surface area contributed by atoms with E-state index in [-0.39, 0.29) is 5.75 Å². The Balaban J connectivity index is 2.36. The minimum absolute atomic E-state index is 0.146. The third-order valence-electron chi connectivity index (χ3n) is 3.60. The number of carbonyl (C=O) groups excluding carboxylic acids is 1. The highest BCUT2D eigenvalue weighted by atomic mass is 79.9. The lowest BCUT2D eigenvalue weighted by atomic mass is 9.98. The number of phenols is 1. The molecule has 22 heavy (non-hydrogen) atoms. The zero-order valence-electron chi connectivity index (χ0n) is 11.7. The molecule has 0 saturated carbocycles. The minimum Gasteiger partial charge on any atom is -0.506 e. The summed E-state index contributed by atoms with van der Waals surface area (Å²) in [6.45, 7) is 1.96. The van der Waals surface area contributed by atoms with Crippen LogP contribution in [0.15, 0.2) is 43.7 Å². The summed E-state index contributed by atoms with van der Waals surface area (Å²) in [5.41, 5.74) is 3.06. The zero-order chi connectivity index (χ0) is 15.9. The van der Waals surface area contributed by atoms with Crippen molar-refractivity contribution in [3.63, 3.8) is 0 Å². The molecule has 0 bridgehead atoms. The molecule has 1 aromatic heterocycles. The van der Waals surface area contributed by atoms with Crippen LogP contribution in [0, 0.1) is 0 Å². The zero-order valence-corrected chi connectivity index (χ0v) is 14.9. The fraction of sp³-hybridized carbons (Fsp3) is 0.118. The molecule has 0 aliphatic heterocycles. The molecule has 0 amide bonds. The highest BCUT2D eigenvalue weighted by Gasteiger charge is 2.17. The molecule has 3 rings (SSSR count). The summed E-state index contributed by atoms with van der Waals surface area (Å²) >= 11 is 6.68. The van der Waals surface area contributed by atoms with Crippen LogP contribution in [0.4, 0.5) is 0 Å². The SMILES string of the molecule is CCc1oc2cccc(-c3cc(Br)c(O)c(Br)c3)c2c1C=O. The third-order valence-corrected chi connectivity index (χ3v) is 4.80. The number of hydrogen-bond acceptors (Lipinski definition) is 3. The second-order valence-electron chi connectivity index (χ2n) is 4.88. The van der Waals surface area contributed by atoms with Gasteiger partial charge in [0.1, 0.15) is 17.1 Å². The number of halogens is 2. The van der Waals surface area contributed by atoms with Gasteiger partial charge in [-0.25, -0.2) is 0 Å². The third kappa shape index (κ3) is 2.38. The molecule has 0 saturated heterocycles. The number of aldehydes is 1. The van der Waals surface area contributed by atoms with Gasteiger partial charge in [-0.1, -0.05) is 19.1 Å². The van der Waals surface area contributed by atoms with Gasteiger partial charge in [0.25, 0.3) is 0 Å². The molecule has 1 heterocycles. The molecule has 0 fully saturated rings. The van der Waals surface area contributed by atoms with E-state index in [4.69, 9.17) is 4.42 Å². The molecular formula is C17H12Br2O3. The number of rotatable bonds is 3. The van der Waals surface area contributed by atoms with Gasteiger partial charge in [0.05, 0.1) is 14.5 Å². The average Bonchev–Trinajstić information content (AvgIpc) is 2.89. The fourth-order valence-corrected chi connectivity index (χ4v) is 3.76. The highest BCUT2D eigenvalue weighted by Crippen LogP contribution is 2.40. The summed E-state index contributed by atoms with van der Waals surface area (Å²) in [6.07, 6.45) is 1.50. The van der Waals surface area contributed by atoms with Crippen molar-refractivity contribution in [2.45, 2.75) is 13.3 Å². The van der Waals surface area contributed by atoms with Crippen LogP contribution >= 0.6 is 31.9 Å². The molecule has 0 unspecified atom stereocenters. The first-order chi connectivity index (χ1) is 10.6. The predicted molar refractivity (Wildman–Crippen MR) is 93.5 cm³/mol. The van der Waals surface area contributed by atoms with Gasteiger partial charge in [-0.3, -0.25) is 4.79 Å². The Bertz CT molecular complexity index is 858. The number of aromatic hydroxyl groups is 1. The monoisotopic (exact) mass is 422 g/mol. The van der Waals surface area contributed by atoms with E-state index in [1.807, 2.05) is 37.3 Å². The van der Waals surface area contributed by atoms with Gasteiger partial charge in [-0.05, 0) is 61.2 Å². The Labute approximate surface area is 144 Å². The smallest absolute Gasteiger partial charge is 0.154 e. The summed E-state index contributed by atoms with van der Waals surface area (Å²) in [7, 11) is 0. The van der Waals surface area contributed by atoms with Gasteiger partial charge in [-0.15, -0.1) is 0 Å². The predicted octanol–water partition coefficient (Wildman–Crippen LogP) is 5.71. The number of fused-ring (bicyclic) bond motifs is 1. The maximum Gasteiger partial charge on any atom is 0.154 e. The second kappa shape index (κ2) is 5.89. The normalized spacial score (nSPS) is 11.0. The molecule has 0 atom stereocenters. The lowest BCUT2D eigenvalue weighted by Gasteiger charge is -2.08. The molecule has 1 N–H and O–H groups in total. The first kappa shape index (κ1) is 15.3. The number of carbonyl (C=O) groups is 1. The van der Waals surface area contributed by atoms with Crippen molar-refractivity contribution >= 4 is 49.1 Å². The van der Waals surface area contributed by atoms with E-state index in [0.717, 1.165) is 22.8 Å². The van der Waals surface area contributed by atoms with Crippen molar-refractivity contribution in [3.8, 4) is 16.9 Å². The fourth-order valence-electron chi connectivity index (χ4n) is 2.57. The van der Waals surface area contributed by atoms with Gasteiger partial charge in [0, 0.05) is 11.8 Å². The van der Waals surface area contributed by atoms with E-state index in [1.165, 1.54) is 0 Å². The first-order valence-corrected chi connectivity index (χ1v) is 8.33. The first-order valence-electron chi connectivity index (χ1n) is 6.74. The number of hydrogen-bond donors (Lipinski definition) is 1. The minimum atomic E-state index is 0.146. The van der Waals surface area contributed by atoms with E-state index in [9.17, 15) is 9.90 Å². The van der Waals surface area contributed by atoms with Gasteiger partial charge < -0.3 is 9.52 Å². The van der Waals surface area contributed by atoms with Crippen LogP contribution in [-0.2, 0) is 6.42 Å². The molecule has 0 radical (unpaired) electrons. The number of benzene rings is 2. The lowest BCUT2D eigenvalue weighted by molar-refractivity contribution is 0.112. The summed E-state index contributed by atoms with van der Waals surface area (Å²) in [5, 5.41) is 10.7. The van der Waals surface area contributed by atoms with Gasteiger partial charge in [0.15, 0.2) is 6.29 Å². The molecule has 3 nitrogen and oxygen atoms in total. The Morgan fingerprint density at radius 1 is 1.23 bits per heavy atom. The summed E-state index contributed by atoms with van der Waals surface area (Å²) in [4.78, 5) is 11.5. The quantitative estimate of drug-likeness (QED) is 0.549. The molecule has 0 spiro atoms. The van der Waals surface area contributed by atoms with Crippen molar-refractivity contribution in [1.29, 1.82) is 0 Å². The average molecular weight is 424 g/mol. The summed E-state index contributed by atoms with van der Waals surface area (Å²) in [5.74, 6) is 0.835. The van der Waals surface area contributed by atoms with Gasteiger partial charge in [-0.2, -0.15) is 0 Å². The van der Waals surface area contributed by atoms with Gasteiger partial charge in [0.2, 0.25) is 0 Å². The molecule has 5 heteroatoms. The molecular weight excluding hydrogens is 412 g/mol. The van der Waals surface area contributed by atoms with Crippen LogP contribution in [0.2, 0.25) is 0 Å². The largest absolute Gasteiger partial charge is 0.506 e. The topological polar surface area (TPSA) is 50.4 Å². The van der Waals surface area contributed by atoms with Crippen molar-refractivity contribution in [1.82, 2.24) is 0 Å². The Morgan fingerprint density at radius 2 is 1.91 bits per heavy atom. The van der Waals surface area contributed by atoms with Crippen LogP contribution < -0.4 is 0 Å². The number of aryl methyl sites for hydroxylation is 1. The number of phenolic OH excluding ortho intramolecular Hbond substituents is 1. The Hall–Kier alpha value is -1.59. The number of furan rings is 1. The van der Waals surface area contributed by atoms with Crippen LogP contribution in [0.5, 0.6) is 5.75 Å². The maximum atomic E-state index is 11.5. The summed E-state index contributed by atoms with van der Waals surface area (Å²) in [6, 6.07) is 9.33. The maximum absolute atomic E-state index is 11.5. The van der Waals surface area contributed by atoms with Crippen LogP contribution in [-0.4, -0.2) is 11.4 Å². The van der Waals surface area contributed by atoms with E-state index >= 15 is 0 Å². The van der Waals surface area contributed by atoms with E-state index in [0.29, 0.717) is 32.3 Å². The van der Waals surface area contributed by atoms with Gasteiger partial charge >= 0.3 is 0 Å². The molecule has 0 aliphatic rings. The van der Waals surface area contributed by atoms with E-state index < -0.39 is 0 Å². The molecule has 3 aromatic rings. The van der Waals surface area contributed by atoms with Crippen LogP contribution in [0.3, 0.4) is 0 Å². The Kier molecular flexibility index (Phi) is 4.10. The molecule has 2 aromatic carbocycles. The van der Waals surface area contributed by atoms with Crippen molar-refractivity contribution in [2.75, 3.05) is 0 Å².